The van der Waals surface area contributed by atoms with E-state index in [9.17, 15) is 14.7 Å². The van der Waals surface area contributed by atoms with Crippen molar-refractivity contribution in [3.8, 4) is 11.5 Å². The van der Waals surface area contributed by atoms with E-state index in [1.807, 2.05) is 6.92 Å². The van der Waals surface area contributed by atoms with E-state index in [1.165, 1.54) is 18.2 Å². The van der Waals surface area contributed by atoms with Gasteiger partial charge in [0.05, 0.1) is 12.3 Å². The largest absolute Gasteiger partial charge is 0.507 e. The van der Waals surface area contributed by atoms with Gasteiger partial charge in [-0.05, 0) is 37.3 Å². The SMILES string of the molecule is CCOc1ccccc1NC(=O)COC(=O)c1ccc(Cl)cc1O. The number of rotatable bonds is 6. The fourth-order valence-corrected chi connectivity index (χ4v) is 2.09. The summed E-state index contributed by atoms with van der Waals surface area (Å²) in [6.45, 7) is 1.79. The highest BCUT2D eigenvalue weighted by Crippen LogP contribution is 2.24. The lowest BCUT2D eigenvalue weighted by atomic mass is 10.2. The third-order valence-corrected chi connectivity index (χ3v) is 3.21. The first kappa shape index (κ1) is 17.6. The zero-order chi connectivity index (χ0) is 17.5. The Balaban J connectivity index is 1.95. The van der Waals surface area contributed by atoms with Crippen LogP contribution in [0.3, 0.4) is 0 Å². The maximum absolute atomic E-state index is 11.9. The van der Waals surface area contributed by atoms with E-state index in [2.05, 4.69) is 5.32 Å². The Morgan fingerprint density at radius 3 is 2.67 bits per heavy atom. The van der Waals surface area contributed by atoms with Crippen molar-refractivity contribution in [2.75, 3.05) is 18.5 Å². The number of halogens is 1. The van der Waals surface area contributed by atoms with Crippen LogP contribution < -0.4 is 10.1 Å². The highest BCUT2D eigenvalue weighted by molar-refractivity contribution is 6.30. The van der Waals surface area contributed by atoms with Gasteiger partial charge in [0.25, 0.3) is 5.91 Å². The number of aromatic hydroxyl groups is 1. The minimum atomic E-state index is -0.822. The molecule has 0 aliphatic carbocycles. The van der Waals surface area contributed by atoms with Gasteiger partial charge in [-0.1, -0.05) is 23.7 Å². The molecule has 0 radical (unpaired) electrons. The normalized spacial score (nSPS) is 10.1. The number of phenols is 1. The summed E-state index contributed by atoms with van der Waals surface area (Å²) in [4.78, 5) is 23.8. The number of carbonyl (C=O) groups is 2. The van der Waals surface area contributed by atoms with Crippen molar-refractivity contribution in [2.24, 2.45) is 0 Å². The summed E-state index contributed by atoms with van der Waals surface area (Å²) >= 11 is 5.69. The number of phenolic OH excluding ortho intramolecular Hbond substituents is 1. The van der Waals surface area contributed by atoms with Gasteiger partial charge in [0.1, 0.15) is 17.1 Å². The van der Waals surface area contributed by atoms with Gasteiger partial charge in [0.15, 0.2) is 6.61 Å². The van der Waals surface area contributed by atoms with Gasteiger partial charge in [-0.2, -0.15) is 0 Å². The first-order chi connectivity index (χ1) is 11.5. The summed E-state index contributed by atoms with van der Waals surface area (Å²) < 4.78 is 10.3. The van der Waals surface area contributed by atoms with Crippen molar-refractivity contribution in [3.63, 3.8) is 0 Å². The molecule has 2 rings (SSSR count). The third kappa shape index (κ3) is 4.63. The molecular formula is C17H16ClNO5. The average Bonchev–Trinajstić information content (AvgIpc) is 2.55. The molecule has 0 heterocycles. The van der Waals surface area contributed by atoms with E-state index in [-0.39, 0.29) is 16.3 Å². The fourth-order valence-electron chi connectivity index (χ4n) is 1.92. The molecule has 0 fully saturated rings. The first-order valence-electron chi connectivity index (χ1n) is 7.18. The van der Waals surface area contributed by atoms with E-state index >= 15 is 0 Å². The average molecular weight is 350 g/mol. The molecule has 2 aromatic carbocycles. The van der Waals surface area contributed by atoms with Gasteiger partial charge in [-0.25, -0.2) is 4.79 Å². The number of para-hydroxylation sites is 2. The molecule has 0 saturated heterocycles. The van der Waals surface area contributed by atoms with E-state index in [4.69, 9.17) is 21.1 Å². The van der Waals surface area contributed by atoms with Crippen LogP contribution in [0, 0.1) is 0 Å². The Morgan fingerprint density at radius 1 is 1.21 bits per heavy atom. The highest BCUT2D eigenvalue weighted by Gasteiger charge is 2.15. The minimum absolute atomic E-state index is 0.0677. The molecule has 6 nitrogen and oxygen atoms in total. The van der Waals surface area contributed by atoms with E-state index in [0.29, 0.717) is 18.0 Å². The molecular weight excluding hydrogens is 334 g/mol. The molecule has 0 atom stereocenters. The number of carbonyl (C=O) groups excluding carboxylic acids is 2. The predicted octanol–water partition coefficient (Wildman–Crippen LogP) is 3.24. The van der Waals surface area contributed by atoms with Crippen LogP contribution in [-0.2, 0) is 9.53 Å². The number of nitrogens with one attached hydrogen (secondary N) is 1. The molecule has 0 spiro atoms. The van der Waals surface area contributed by atoms with Crippen LogP contribution in [-0.4, -0.2) is 30.2 Å². The predicted molar refractivity (Wildman–Crippen MR) is 89.6 cm³/mol. The Labute approximate surface area is 144 Å². The van der Waals surface area contributed by atoms with Crippen molar-refractivity contribution in [3.05, 3.63) is 53.1 Å². The summed E-state index contributed by atoms with van der Waals surface area (Å²) in [5.41, 5.74) is 0.414. The van der Waals surface area contributed by atoms with Crippen molar-refractivity contribution < 1.29 is 24.2 Å². The van der Waals surface area contributed by atoms with Crippen LogP contribution in [0.4, 0.5) is 5.69 Å². The summed E-state index contributed by atoms with van der Waals surface area (Å²) in [6.07, 6.45) is 0. The number of hydrogen-bond donors (Lipinski definition) is 2. The second-order valence-electron chi connectivity index (χ2n) is 4.71. The Kier molecular flexibility index (Phi) is 6.03. The third-order valence-electron chi connectivity index (χ3n) is 2.98. The zero-order valence-corrected chi connectivity index (χ0v) is 13.7. The van der Waals surface area contributed by atoms with Gasteiger partial charge in [0.2, 0.25) is 0 Å². The lowest BCUT2D eigenvalue weighted by Crippen LogP contribution is -2.21. The minimum Gasteiger partial charge on any atom is -0.507 e. The van der Waals surface area contributed by atoms with Gasteiger partial charge in [-0.3, -0.25) is 4.79 Å². The molecule has 0 aromatic heterocycles. The van der Waals surface area contributed by atoms with E-state index < -0.39 is 18.5 Å². The molecule has 126 valence electrons. The van der Waals surface area contributed by atoms with Crippen molar-refractivity contribution in [2.45, 2.75) is 6.92 Å². The Morgan fingerprint density at radius 2 is 1.96 bits per heavy atom. The maximum Gasteiger partial charge on any atom is 0.342 e. The number of benzene rings is 2. The monoisotopic (exact) mass is 349 g/mol. The first-order valence-corrected chi connectivity index (χ1v) is 7.56. The molecule has 1 amide bonds. The Hall–Kier alpha value is -2.73. The molecule has 0 unspecified atom stereocenters. The smallest absolute Gasteiger partial charge is 0.342 e. The van der Waals surface area contributed by atoms with Crippen LogP contribution in [0.2, 0.25) is 5.02 Å². The van der Waals surface area contributed by atoms with Gasteiger partial charge in [0, 0.05) is 5.02 Å². The molecule has 0 aliphatic rings. The highest BCUT2D eigenvalue weighted by atomic mass is 35.5. The van der Waals surface area contributed by atoms with E-state index in [1.54, 1.807) is 24.3 Å². The Bertz CT molecular complexity index is 748. The zero-order valence-electron chi connectivity index (χ0n) is 12.9. The van der Waals surface area contributed by atoms with Crippen molar-refractivity contribution in [1.29, 1.82) is 0 Å². The number of anilines is 1. The molecule has 2 aromatic rings. The van der Waals surface area contributed by atoms with Gasteiger partial charge < -0.3 is 19.9 Å². The van der Waals surface area contributed by atoms with Crippen LogP contribution >= 0.6 is 11.6 Å². The standard InChI is InChI=1S/C17H16ClNO5/c1-2-23-15-6-4-3-5-13(15)19-16(21)10-24-17(22)12-8-7-11(18)9-14(12)20/h3-9,20H,2,10H2,1H3,(H,19,21). The number of amides is 1. The molecule has 24 heavy (non-hydrogen) atoms. The van der Waals surface area contributed by atoms with Crippen LogP contribution in [0.25, 0.3) is 0 Å². The second-order valence-corrected chi connectivity index (χ2v) is 5.15. The van der Waals surface area contributed by atoms with E-state index in [0.717, 1.165) is 0 Å². The fraction of sp³-hybridized carbons (Fsp3) is 0.176. The summed E-state index contributed by atoms with van der Waals surface area (Å²) in [5.74, 6) is -1.13. The number of hydrogen-bond acceptors (Lipinski definition) is 5. The maximum atomic E-state index is 11.9. The lowest BCUT2D eigenvalue weighted by Gasteiger charge is -2.11. The molecule has 2 N–H and O–H groups in total. The van der Waals surface area contributed by atoms with Crippen LogP contribution in [0.1, 0.15) is 17.3 Å². The topological polar surface area (TPSA) is 84.9 Å². The molecule has 0 saturated carbocycles. The van der Waals surface area contributed by atoms with Gasteiger partial charge >= 0.3 is 5.97 Å². The van der Waals surface area contributed by atoms with Crippen molar-refractivity contribution >= 4 is 29.2 Å². The quantitative estimate of drug-likeness (QED) is 0.782. The summed E-state index contributed by atoms with van der Waals surface area (Å²) in [6, 6.07) is 10.9. The lowest BCUT2D eigenvalue weighted by molar-refractivity contribution is -0.119. The summed E-state index contributed by atoms with van der Waals surface area (Å²) in [5, 5.41) is 12.5. The number of esters is 1. The number of ether oxygens (including phenoxy) is 2. The molecule has 0 aliphatic heterocycles. The second kappa shape index (κ2) is 8.21. The van der Waals surface area contributed by atoms with Crippen molar-refractivity contribution in [1.82, 2.24) is 0 Å². The van der Waals surface area contributed by atoms with Crippen LogP contribution in [0.15, 0.2) is 42.5 Å². The van der Waals surface area contributed by atoms with Gasteiger partial charge in [-0.15, -0.1) is 0 Å². The van der Waals surface area contributed by atoms with Crippen LogP contribution in [0.5, 0.6) is 11.5 Å². The summed E-state index contributed by atoms with van der Waals surface area (Å²) in [7, 11) is 0. The molecule has 7 heteroatoms. The molecule has 0 bridgehead atoms.